The van der Waals surface area contributed by atoms with E-state index in [-0.39, 0.29) is 0 Å². The van der Waals surface area contributed by atoms with Gasteiger partial charge in [-0.25, -0.2) is 0 Å². The van der Waals surface area contributed by atoms with Gasteiger partial charge < -0.3 is 0 Å². The Hall–Kier alpha value is -4.94. The second-order valence-corrected chi connectivity index (χ2v) is 19.6. The predicted molar refractivity (Wildman–Crippen MR) is 299 cm³/mol. The monoisotopic (exact) mass is 859 g/mol. The van der Waals surface area contributed by atoms with Crippen molar-refractivity contribution < 1.29 is 0 Å². The van der Waals surface area contributed by atoms with Crippen LogP contribution in [0.2, 0.25) is 0 Å². The van der Waals surface area contributed by atoms with Crippen LogP contribution in [0.15, 0.2) is 67.3 Å². The number of allylic oxidation sites excluding steroid dienone is 10. The summed E-state index contributed by atoms with van der Waals surface area (Å²) in [6.45, 7) is 80.9. The molecule has 0 heteroatoms. The van der Waals surface area contributed by atoms with E-state index in [0.717, 1.165) is 33.4 Å². The molecule has 0 unspecified atom stereocenters. The lowest BCUT2D eigenvalue weighted by molar-refractivity contribution is 1.15. The predicted octanol–water partition coefficient (Wildman–Crippen LogP) is 20.3. The summed E-state index contributed by atoms with van der Waals surface area (Å²) in [6, 6.07) is 0. The summed E-state index contributed by atoms with van der Waals surface area (Å²) >= 11 is 0. The molecule has 0 atom stereocenters. The van der Waals surface area contributed by atoms with Crippen LogP contribution in [-0.4, -0.2) is 0 Å². The molecular weight excluding hydrogens is 769 g/mol. The van der Waals surface area contributed by atoms with Crippen LogP contribution < -0.4 is 0 Å². The molecular formula is C64H90. The Morgan fingerprint density at radius 2 is 0.422 bits per heavy atom. The number of hydrogen-bond acceptors (Lipinski definition) is 0. The topological polar surface area (TPSA) is 0 Å². The van der Waals surface area contributed by atoms with Gasteiger partial charge in [-0.15, -0.1) is 0 Å². The zero-order chi connectivity index (χ0) is 50.5. The molecule has 0 bridgehead atoms. The van der Waals surface area contributed by atoms with Crippen LogP contribution in [0.5, 0.6) is 0 Å². The molecule has 0 heterocycles. The third kappa shape index (κ3) is 11.8. The molecule has 0 aliphatic heterocycles. The summed E-state index contributed by atoms with van der Waals surface area (Å²) in [7, 11) is 0. The van der Waals surface area contributed by atoms with Gasteiger partial charge in [0.15, 0.2) is 0 Å². The van der Waals surface area contributed by atoms with Gasteiger partial charge in [-0.3, -0.25) is 0 Å². The quantitative estimate of drug-likeness (QED) is 0.162. The minimum atomic E-state index is 1.12. The third-order valence-electron chi connectivity index (χ3n) is 14.8. The molecule has 0 N–H and O–H groups in total. The standard InChI is InChI=1S/C22H28.C16H24.C16H22.C10H16/c1-11(2)19-17(9)21-15(7)13(5)14(6)16(8)22(21)18(10)20(19)12(3)4;1-9(2)10(3)16-14(7)12(5)11(4)13(6)15(16)8;1-9(2)15-13(7)11(5)12(6)14(8)16(15)10(3)4;1-7(2)9(5)10(6)8(3)4/h1,3H2,2,4-10H3;1-8H3;1,3H2,2,4-8H3;1,3H2,2,4-6H3/b;;;10-9-. The average Bonchev–Trinajstić information content (AvgIpc) is 3.20. The van der Waals surface area contributed by atoms with Crippen LogP contribution in [0.4, 0.5) is 0 Å². The second kappa shape index (κ2) is 22.8. The molecule has 0 radical (unpaired) electrons. The number of rotatable bonds is 7. The highest BCUT2D eigenvalue weighted by Crippen LogP contribution is 2.41. The van der Waals surface area contributed by atoms with Crippen molar-refractivity contribution in [1.82, 2.24) is 0 Å². The number of hydrogen-bond donors (Lipinski definition) is 0. The Kier molecular flexibility index (Phi) is 20.3. The first-order valence-electron chi connectivity index (χ1n) is 23.1. The first kappa shape index (κ1) is 57.1. The highest BCUT2D eigenvalue weighted by Gasteiger charge is 2.21. The Balaban J connectivity index is 0.000000442. The molecule has 346 valence electrons. The first-order chi connectivity index (χ1) is 29.1. The van der Waals surface area contributed by atoms with Crippen LogP contribution in [-0.2, 0) is 0 Å². The van der Waals surface area contributed by atoms with Gasteiger partial charge in [0.05, 0.1) is 0 Å². The van der Waals surface area contributed by atoms with Crippen LogP contribution in [0.3, 0.4) is 0 Å². The summed E-state index contributed by atoms with van der Waals surface area (Å²) < 4.78 is 0. The molecule has 0 fully saturated rings. The number of aryl methyl sites for hydroxylation is 4. The van der Waals surface area contributed by atoms with Crippen molar-refractivity contribution >= 4 is 38.6 Å². The van der Waals surface area contributed by atoms with Crippen molar-refractivity contribution in [2.45, 2.75) is 180 Å². The van der Waals surface area contributed by atoms with E-state index in [0.29, 0.717) is 0 Å². The molecule has 0 aliphatic carbocycles. The van der Waals surface area contributed by atoms with E-state index in [9.17, 15) is 0 Å². The molecule has 0 aromatic heterocycles. The van der Waals surface area contributed by atoms with Gasteiger partial charge >= 0.3 is 0 Å². The van der Waals surface area contributed by atoms with E-state index in [1.54, 1.807) is 0 Å². The SMILES string of the molecule is C=C(C)/C(C)=C(/C)C(=C)C.C=C(C)c1c(C(=C)C)c(C)c2c(C)c(C)c(C)c(C)c2c1C.C=C(C)c1c(C)c(C)c(C)c(C)c1C(=C)C.CC(C)=C(C)c1c(C)c(C)c(C)c(C)c1C. The van der Waals surface area contributed by atoms with Crippen molar-refractivity contribution in [1.29, 1.82) is 0 Å². The number of benzene rings is 4. The summed E-state index contributed by atoms with van der Waals surface area (Å²) in [6.07, 6.45) is 0. The van der Waals surface area contributed by atoms with Crippen molar-refractivity contribution in [2.24, 2.45) is 0 Å². The van der Waals surface area contributed by atoms with Gasteiger partial charge in [0, 0.05) is 0 Å². The fourth-order valence-electron chi connectivity index (χ4n) is 9.27. The lowest BCUT2D eigenvalue weighted by Crippen LogP contribution is -2.04. The van der Waals surface area contributed by atoms with Crippen molar-refractivity contribution in [3.63, 3.8) is 0 Å². The second-order valence-electron chi connectivity index (χ2n) is 19.6. The minimum absolute atomic E-state index is 1.12. The molecule has 4 aromatic carbocycles. The van der Waals surface area contributed by atoms with Gasteiger partial charge in [0.25, 0.3) is 0 Å². The highest BCUT2D eigenvalue weighted by atomic mass is 14.3. The molecule has 4 aromatic rings. The Labute approximate surface area is 395 Å². The maximum Gasteiger partial charge on any atom is -0.0111 e. The highest BCUT2D eigenvalue weighted by molar-refractivity contribution is 6.02. The lowest BCUT2D eigenvalue weighted by Gasteiger charge is -2.24. The van der Waals surface area contributed by atoms with Gasteiger partial charge in [-0.1, -0.05) is 78.5 Å². The van der Waals surface area contributed by atoms with Crippen LogP contribution >= 0.6 is 0 Å². The first-order valence-corrected chi connectivity index (χ1v) is 23.1. The summed E-state index contributed by atoms with van der Waals surface area (Å²) in [4.78, 5) is 0. The maximum absolute atomic E-state index is 4.23. The van der Waals surface area contributed by atoms with Gasteiger partial charge in [0.2, 0.25) is 0 Å². The average molecular weight is 859 g/mol. The fourth-order valence-corrected chi connectivity index (χ4v) is 9.27. The minimum Gasteiger partial charge on any atom is -0.0958 e. The summed E-state index contributed by atoms with van der Waals surface area (Å²) in [5.74, 6) is 0. The van der Waals surface area contributed by atoms with E-state index in [1.807, 2.05) is 13.8 Å². The Bertz CT molecular complexity index is 2490. The van der Waals surface area contributed by atoms with Crippen LogP contribution in [0.25, 0.3) is 38.6 Å². The molecule has 4 rings (SSSR count). The van der Waals surface area contributed by atoms with E-state index < -0.39 is 0 Å². The summed E-state index contributed by atoms with van der Waals surface area (Å²) in [5.41, 5.74) is 39.6. The van der Waals surface area contributed by atoms with Crippen molar-refractivity contribution in [2.75, 3.05) is 0 Å². The van der Waals surface area contributed by atoms with Gasteiger partial charge in [0.1, 0.15) is 0 Å². The van der Waals surface area contributed by atoms with Crippen LogP contribution in [0.1, 0.15) is 187 Å². The Morgan fingerprint density at radius 3 is 0.625 bits per heavy atom. The molecule has 0 nitrogen and oxygen atoms in total. The third-order valence-corrected chi connectivity index (χ3v) is 14.8. The van der Waals surface area contributed by atoms with E-state index in [1.165, 1.54) is 144 Å². The molecule has 64 heavy (non-hydrogen) atoms. The lowest BCUT2D eigenvalue weighted by atomic mass is 9.80. The maximum atomic E-state index is 4.23. The van der Waals surface area contributed by atoms with Crippen molar-refractivity contribution in [3.8, 4) is 0 Å². The van der Waals surface area contributed by atoms with Gasteiger partial charge in [-0.05, 0) is 319 Å². The molecule has 0 amide bonds. The molecule has 0 spiro atoms. The molecule has 0 saturated heterocycles. The van der Waals surface area contributed by atoms with Gasteiger partial charge in [-0.2, -0.15) is 0 Å². The van der Waals surface area contributed by atoms with E-state index in [4.69, 9.17) is 0 Å². The van der Waals surface area contributed by atoms with E-state index >= 15 is 0 Å². The normalized spacial score (nSPS) is 11.0. The smallest absolute Gasteiger partial charge is 0.0111 e. The zero-order valence-electron chi connectivity index (χ0n) is 46.2. The fraction of sp³-hybridized carbons (Fsp3) is 0.406. The van der Waals surface area contributed by atoms with Crippen molar-refractivity contribution in [3.05, 3.63) is 179 Å². The summed E-state index contributed by atoms with van der Waals surface area (Å²) in [5, 5.41) is 2.81. The molecule has 0 saturated carbocycles. The van der Waals surface area contributed by atoms with E-state index in [2.05, 4.69) is 206 Å². The zero-order valence-corrected chi connectivity index (χ0v) is 46.2. The largest absolute Gasteiger partial charge is 0.0958 e. The number of fused-ring (bicyclic) bond motifs is 1. The Morgan fingerprint density at radius 1 is 0.234 bits per heavy atom. The van der Waals surface area contributed by atoms with Crippen LogP contribution in [0, 0.1) is 104 Å². The molecule has 0 aliphatic rings.